The van der Waals surface area contributed by atoms with Crippen LogP contribution in [-0.2, 0) is 11.3 Å². The highest BCUT2D eigenvalue weighted by Crippen LogP contribution is 2.19. The summed E-state index contributed by atoms with van der Waals surface area (Å²) >= 11 is -2.25. The minimum Gasteiger partial charge on any atom is -0.355 e. The maximum Gasteiger partial charge on any atom is 0.273 e. The lowest BCUT2D eigenvalue weighted by atomic mass is 10.1. The first-order valence-corrected chi connectivity index (χ1v) is 9.17. The van der Waals surface area contributed by atoms with Crippen LogP contribution in [0.15, 0.2) is 59.4 Å². The maximum absolute atomic E-state index is 12.2. The summed E-state index contributed by atoms with van der Waals surface area (Å²) in [6, 6.07) is 12.5. The van der Waals surface area contributed by atoms with Crippen molar-refractivity contribution < 1.29 is 18.1 Å². The second-order valence-electron chi connectivity index (χ2n) is 5.43. The van der Waals surface area contributed by atoms with E-state index in [1.54, 1.807) is 12.1 Å². The fraction of sp³-hybridized carbons (Fsp3) is 0.176. The van der Waals surface area contributed by atoms with Gasteiger partial charge in [-0.05, 0) is 12.5 Å². The average molecular weight is 387 g/mol. The lowest BCUT2D eigenvalue weighted by Crippen LogP contribution is -2.32. The van der Waals surface area contributed by atoms with Crippen molar-refractivity contribution in [2.45, 2.75) is 6.42 Å². The van der Waals surface area contributed by atoms with Crippen molar-refractivity contribution in [1.82, 2.24) is 20.4 Å². The Balaban J connectivity index is 1.51. The topological polar surface area (TPSA) is 121 Å². The summed E-state index contributed by atoms with van der Waals surface area (Å²) < 4.78 is 27.1. The highest BCUT2D eigenvalue weighted by molar-refractivity contribution is 7.80. The predicted octanol–water partition coefficient (Wildman–Crippen LogP) is 1.89. The molecule has 0 spiro atoms. The Morgan fingerprint density at radius 2 is 1.93 bits per heavy atom. The third-order valence-electron chi connectivity index (χ3n) is 3.59. The van der Waals surface area contributed by atoms with Gasteiger partial charge in [0, 0.05) is 37.1 Å². The van der Waals surface area contributed by atoms with Crippen molar-refractivity contribution in [1.29, 1.82) is 0 Å². The van der Waals surface area contributed by atoms with E-state index >= 15 is 0 Å². The SMILES string of the molecule is O=C(NCCCN(c1ncccn1)S(=O)O)c1cc(-c2ccccc2)on1. The first-order valence-electron chi connectivity index (χ1n) is 8.11. The molecule has 0 aliphatic rings. The van der Waals surface area contributed by atoms with Gasteiger partial charge in [0.15, 0.2) is 11.5 Å². The molecule has 1 unspecified atom stereocenters. The fourth-order valence-corrected chi connectivity index (χ4v) is 2.82. The zero-order chi connectivity index (χ0) is 19.1. The number of nitrogens with one attached hydrogen (secondary N) is 1. The second-order valence-corrected chi connectivity index (χ2v) is 6.34. The lowest BCUT2D eigenvalue weighted by Gasteiger charge is -2.17. The van der Waals surface area contributed by atoms with Gasteiger partial charge in [-0.2, -0.15) is 0 Å². The molecule has 3 rings (SSSR count). The summed E-state index contributed by atoms with van der Waals surface area (Å²) in [5.41, 5.74) is 0.996. The van der Waals surface area contributed by atoms with Crippen LogP contribution in [0.2, 0.25) is 0 Å². The summed E-state index contributed by atoms with van der Waals surface area (Å²) in [5, 5.41) is 6.48. The predicted molar refractivity (Wildman–Crippen MR) is 99.0 cm³/mol. The molecule has 0 aliphatic heterocycles. The number of rotatable bonds is 8. The van der Waals surface area contributed by atoms with Crippen molar-refractivity contribution >= 4 is 23.1 Å². The molecule has 2 heterocycles. The number of benzene rings is 1. The number of nitrogens with zero attached hydrogens (tertiary/aromatic N) is 4. The van der Waals surface area contributed by atoms with Crippen LogP contribution in [0.25, 0.3) is 11.3 Å². The molecule has 1 amide bonds. The number of carbonyl (C=O) groups is 1. The van der Waals surface area contributed by atoms with Gasteiger partial charge in [0.05, 0.1) is 0 Å². The Kier molecular flexibility index (Phi) is 6.23. The number of hydrogen-bond acceptors (Lipinski definition) is 6. The minimum atomic E-state index is -2.25. The number of aromatic nitrogens is 3. The van der Waals surface area contributed by atoms with Crippen LogP contribution < -0.4 is 9.62 Å². The third-order valence-corrected chi connectivity index (χ3v) is 4.31. The first-order chi connectivity index (χ1) is 13.1. The van der Waals surface area contributed by atoms with Crippen LogP contribution in [0.5, 0.6) is 0 Å². The molecule has 9 nitrogen and oxygen atoms in total. The van der Waals surface area contributed by atoms with Crippen LogP contribution in [0.3, 0.4) is 0 Å². The van der Waals surface area contributed by atoms with E-state index < -0.39 is 11.3 Å². The third kappa shape index (κ3) is 4.96. The van der Waals surface area contributed by atoms with Gasteiger partial charge < -0.3 is 9.84 Å². The van der Waals surface area contributed by atoms with Gasteiger partial charge in [-0.25, -0.2) is 18.5 Å². The Bertz CT molecular complexity index is 904. The molecule has 2 aromatic heterocycles. The lowest BCUT2D eigenvalue weighted by molar-refractivity contribution is 0.0944. The highest BCUT2D eigenvalue weighted by Gasteiger charge is 2.16. The zero-order valence-corrected chi connectivity index (χ0v) is 15.0. The summed E-state index contributed by atoms with van der Waals surface area (Å²) in [5.74, 6) is 0.269. The van der Waals surface area contributed by atoms with Gasteiger partial charge in [-0.15, -0.1) is 0 Å². The van der Waals surface area contributed by atoms with Crippen LogP contribution in [0.1, 0.15) is 16.9 Å². The molecule has 140 valence electrons. The molecule has 2 N–H and O–H groups in total. The van der Waals surface area contributed by atoms with Crippen molar-refractivity contribution in [3.05, 3.63) is 60.6 Å². The van der Waals surface area contributed by atoms with Crippen LogP contribution in [0, 0.1) is 0 Å². The van der Waals surface area contributed by atoms with E-state index in [4.69, 9.17) is 4.52 Å². The van der Waals surface area contributed by atoms with Gasteiger partial charge in [0.2, 0.25) is 5.95 Å². The van der Waals surface area contributed by atoms with Gasteiger partial charge in [-0.1, -0.05) is 35.5 Å². The van der Waals surface area contributed by atoms with E-state index in [1.165, 1.54) is 12.4 Å². The summed E-state index contributed by atoms with van der Waals surface area (Å²) in [6.45, 7) is 0.481. The number of carbonyl (C=O) groups excluding carboxylic acids is 1. The van der Waals surface area contributed by atoms with E-state index in [9.17, 15) is 13.6 Å². The second kappa shape index (κ2) is 9.01. The van der Waals surface area contributed by atoms with Crippen molar-refractivity contribution in [2.24, 2.45) is 0 Å². The molecule has 0 saturated heterocycles. The van der Waals surface area contributed by atoms with E-state index in [1.807, 2.05) is 30.3 Å². The quantitative estimate of drug-likeness (QED) is 0.447. The molecule has 1 atom stereocenters. The van der Waals surface area contributed by atoms with Gasteiger partial charge in [-0.3, -0.25) is 9.35 Å². The van der Waals surface area contributed by atoms with Crippen molar-refractivity contribution in [3.8, 4) is 11.3 Å². The molecule has 0 radical (unpaired) electrons. The summed E-state index contributed by atoms with van der Waals surface area (Å²) in [6.07, 6.45) is 3.39. The molecule has 0 bridgehead atoms. The molecule has 1 aromatic carbocycles. The van der Waals surface area contributed by atoms with Crippen LogP contribution in [0.4, 0.5) is 5.95 Å². The Morgan fingerprint density at radius 3 is 2.63 bits per heavy atom. The normalized spacial score (nSPS) is 11.7. The van der Waals surface area contributed by atoms with E-state index in [-0.39, 0.29) is 30.6 Å². The van der Waals surface area contributed by atoms with E-state index in [2.05, 4.69) is 20.4 Å². The van der Waals surface area contributed by atoms with Gasteiger partial charge in [0.1, 0.15) is 0 Å². The molecular weight excluding hydrogens is 370 g/mol. The molecule has 10 heteroatoms. The first kappa shape index (κ1) is 18.7. The Labute approximate surface area is 157 Å². The van der Waals surface area contributed by atoms with E-state index in [0.29, 0.717) is 12.2 Å². The molecule has 27 heavy (non-hydrogen) atoms. The average Bonchev–Trinajstić information content (AvgIpc) is 3.19. The largest absolute Gasteiger partial charge is 0.355 e. The number of amides is 1. The maximum atomic E-state index is 12.2. The molecule has 0 saturated carbocycles. The molecule has 0 aliphatic carbocycles. The van der Waals surface area contributed by atoms with Crippen LogP contribution >= 0.6 is 0 Å². The standard InChI is InChI=1S/C17H17N5O4S/c23-16(14-12-15(26-21-14)13-6-2-1-3-7-13)18-10-5-11-22(27(24)25)17-19-8-4-9-20-17/h1-4,6-9,12H,5,10-11H2,(H,18,23)(H,24,25). The summed E-state index contributed by atoms with van der Waals surface area (Å²) in [4.78, 5) is 20.0. The molecule has 3 aromatic rings. The molecular formula is C17H17N5O4S. The van der Waals surface area contributed by atoms with Crippen LogP contribution in [-0.4, -0.2) is 42.9 Å². The highest BCUT2D eigenvalue weighted by atomic mass is 32.2. The summed E-state index contributed by atoms with van der Waals surface area (Å²) in [7, 11) is 0. The minimum absolute atomic E-state index is 0.147. The Morgan fingerprint density at radius 1 is 1.19 bits per heavy atom. The van der Waals surface area contributed by atoms with E-state index in [0.717, 1.165) is 9.87 Å². The number of anilines is 1. The molecule has 0 fully saturated rings. The smallest absolute Gasteiger partial charge is 0.273 e. The monoisotopic (exact) mass is 387 g/mol. The van der Waals surface area contributed by atoms with Crippen molar-refractivity contribution in [3.63, 3.8) is 0 Å². The number of hydrogen-bond donors (Lipinski definition) is 2. The fourth-order valence-electron chi connectivity index (χ4n) is 2.30. The Hall–Kier alpha value is -3.11. The van der Waals surface area contributed by atoms with Gasteiger partial charge >= 0.3 is 0 Å². The zero-order valence-electron chi connectivity index (χ0n) is 14.2. The van der Waals surface area contributed by atoms with Crippen molar-refractivity contribution in [2.75, 3.05) is 17.4 Å². The van der Waals surface area contributed by atoms with Gasteiger partial charge in [0.25, 0.3) is 17.2 Å².